The zero-order valence-corrected chi connectivity index (χ0v) is 6.86. The Morgan fingerprint density at radius 2 is 2.15 bits per heavy atom. The molecule has 1 aromatic heterocycles. The molecule has 0 aliphatic carbocycles. The highest BCUT2D eigenvalue weighted by Crippen LogP contribution is 2.25. The number of aldehydes is 1. The summed E-state index contributed by atoms with van der Waals surface area (Å²) in [5.41, 5.74) is -1.42. The minimum Gasteiger partial charge on any atom is -0.296 e. The first-order chi connectivity index (χ1) is 6.06. The van der Waals surface area contributed by atoms with E-state index in [1.54, 1.807) is 0 Å². The fraction of sp³-hybridized carbons (Fsp3) is 0.143. The van der Waals surface area contributed by atoms with Crippen molar-refractivity contribution in [2.24, 2.45) is 0 Å². The van der Waals surface area contributed by atoms with Crippen LogP contribution in [0.1, 0.15) is 22.6 Å². The van der Waals surface area contributed by atoms with E-state index < -0.39 is 23.0 Å². The zero-order valence-electron chi connectivity index (χ0n) is 6.10. The van der Waals surface area contributed by atoms with Crippen molar-refractivity contribution in [2.75, 3.05) is 0 Å². The Hall–Kier alpha value is -1.10. The van der Waals surface area contributed by atoms with Gasteiger partial charge in [-0.3, -0.25) is 4.79 Å². The molecule has 6 heteroatoms. The predicted octanol–water partition coefficient (Wildman–Crippen LogP) is 2.62. The fourth-order valence-corrected chi connectivity index (χ4v) is 0.950. The van der Waals surface area contributed by atoms with Gasteiger partial charge in [0.15, 0.2) is 12.1 Å². The SMILES string of the molecule is O=Cc1cc(Cl)c(F)c(C(F)F)n1. The van der Waals surface area contributed by atoms with Crippen molar-refractivity contribution in [1.29, 1.82) is 0 Å². The van der Waals surface area contributed by atoms with E-state index in [1.165, 1.54) is 0 Å². The van der Waals surface area contributed by atoms with Crippen molar-refractivity contribution < 1.29 is 18.0 Å². The molecule has 0 aliphatic heterocycles. The molecule has 0 saturated heterocycles. The normalized spacial score (nSPS) is 10.5. The highest BCUT2D eigenvalue weighted by Gasteiger charge is 2.19. The van der Waals surface area contributed by atoms with Crippen LogP contribution < -0.4 is 0 Å². The number of carbonyl (C=O) groups is 1. The Morgan fingerprint density at radius 1 is 1.54 bits per heavy atom. The second-order valence-electron chi connectivity index (χ2n) is 2.15. The highest BCUT2D eigenvalue weighted by atomic mass is 35.5. The van der Waals surface area contributed by atoms with Gasteiger partial charge in [-0.1, -0.05) is 11.6 Å². The number of halogens is 4. The molecule has 1 aromatic rings. The predicted molar refractivity (Wildman–Crippen MR) is 39.5 cm³/mol. The average molecular weight is 210 g/mol. The Kier molecular flexibility index (Phi) is 2.87. The summed E-state index contributed by atoms with van der Waals surface area (Å²) in [4.78, 5) is 13.2. The summed E-state index contributed by atoms with van der Waals surface area (Å²) in [6.07, 6.45) is -2.87. The van der Waals surface area contributed by atoms with Crippen molar-refractivity contribution in [3.8, 4) is 0 Å². The molecule has 0 radical (unpaired) electrons. The third-order valence-electron chi connectivity index (χ3n) is 1.29. The van der Waals surface area contributed by atoms with Gasteiger partial charge in [0.2, 0.25) is 0 Å². The fourth-order valence-electron chi connectivity index (χ4n) is 0.741. The summed E-state index contributed by atoms with van der Waals surface area (Å²) < 4.78 is 36.9. The standard InChI is InChI=1S/C7H3ClF3NO/c8-4-1-3(2-13)12-6(5(4)9)7(10)11/h1-2,7H. The van der Waals surface area contributed by atoms with Crippen molar-refractivity contribution in [1.82, 2.24) is 4.98 Å². The maximum atomic E-state index is 12.8. The number of carbonyl (C=O) groups excluding carboxylic acids is 1. The lowest BCUT2D eigenvalue weighted by atomic mass is 10.3. The van der Waals surface area contributed by atoms with Crippen LogP contribution in [0.5, 0.6) is 0 Å². The van der Waals surface area contributed by atoms with Crippen LogP contribution in [-0.2, 0) is 0 Å². The third kappa shape index (κ3) is 1.98. The van der Waals surface area contributed by atoms with Gasteiger partial charge in [0.1, 0.15) is 11.4 Å². The summed E-state index contributed by atoms with van der Waals surface area (Å²) in [5.74, 6) is -1.29. The van der Waals surface area contributed by atoms with Gasteiger partial charge in [0.25, 0.3) is 6.43 Å². The van der Waals surface area contributed by atoms with E-state index in [0.29, 0.717) is 0 Å². The number of hydrogen-bond donors (Lipinski definition) is 0. The van der Waals surface area contributed by atoms with Gasteiger partial charge in [0.05, 0.1) is 5.02 Å². The van der Waals surface area contributed by atoms with E-state index in [4.69, 9.17) is 11.6 Å². The molecular formula is C7H3ClF3NO. The van der Waals surface area contributed by atoms with Gasteiger partial charge in [0, 0.05) is 0 Å². The van der Waals surface area contributed by atoms with E-state index in [9.17, 15) is 18.0 Å². The van der Waals surface area contributed by atoms with Crippen LogP contribution in [0, 0.1) is 5.82 Å². The second-order valence-corrected chi connectivity index (χ2v) is 2.55. The van der Waals surface area contributed by atoms with Crippen LogP contribution in [0.15, 0.2) is 6.07 Å². The van der Waals surface area contributed by atoms with E-state index in [2.05, 4.69) is 4.98 Å². The number of aromatic nitrogens is 1. The van der Waals surface area contributed by atoms with Crippen LogP contribution in [0.3, 0.4) is 0 Å². The number of hydrogen-bond acceptors (Lipinski definition) is 2. The van der Waals surface area contributed by atoms with Crippen LogP contribution in [0.25, 0.3) is 0 Å². The van der Waals surface area contributed by atoms with Crippen LogP contribution in [-0.4, -0.2) is 11.3 Å². The molecule has 0 atom stereocenters. The highest BCUT2D eigenvalue weighted by molar-refractivity contribution is 6.31. The van der Waals surface area contributed by atoms with E-state index in [-0.39, 0.29) is 12.0 Å². The molecule has 0 aromatic carbocycles. The molecule has 70 valence electrons. The van der Waals surface area contributed by atoms with Crippen LogP contribution in [0.4, 0.5) is 13.2 Å². The molecule has 2 nitrogen and oxygen atoms in total. The van der Waals surface area contributed by atoms with Crippen molar-refractivity contribution >= 4 is 17.9 Å². The molecule has 0 saturated carbocycles. The van der Waals surface area contributed by atoms with E-state index >= 15 is 0 Å². The summed E-state index contributed by atoms with van der Waals surface area (Å²) in [5, 5.41) is -0.535. The van der Waals surface area contributed by atoms with Gasteiger partial charge >= 0.3 is 0 Å². The zero-order chi connectivity index (χ0) is 10.0. The van der Waals surface area contributed by atoms with Crippen molar-refractivity contribution in [3.63, 3.8) is 0 Å². The maximum absolute atomic E-state index is 12.8. The molecule has 1 heterocycles. The first-order valence-electron chi connectivity index (χ1n) is 3.15. The molecule has 0 unspecified atom stereocenters. The summed E-state index contributed by atoms with van der Waals surface area (Å²) >= 11 is 5.23. The van der Waals surface area contributed by atoms with Gasteiger partial charge < -0.3 is 0 Å². The van der Waals surface area contributed by atoms with E-state index in [0.717, 1.165) is 6.07 Å². The molecule has 0 fully saturated rings. The summed E-state index contributed by atoms with van der Waals surface area (Å²) in [7, 11) is 0. The lowest BCUT2D eigenvalue weighted by Crippen LogP contribution is -2.00. The molecule has 1 rings (SSSR count). The smallest absolute Gasteiger partial charge is 0.283 e. The van der Waals surface area contributed by atoms with Gasteiger partial charge in [-0.15, -0.1) is 0 Å². The first-order valence-corrected chi connectivity index (χ1v) is 3.53. The Bertz CT molecular complexity index is 343. The van der Waals surface area contributed by atoms with Gasteiger partial charge in [-0.2, -0.15) is 0 Å². The van der Waals surface area contributed by atoms with E-state index in [1.807, 2.05) is 0 Å². The quantitative estimate of drug-likeness (QED) is 0.701. The number of alkyl halides is 2. The molecule has 0 bridgehead atoms. The average Bonchev–Trinajstić information content (AvgIpc) is 2.09. The second kappa shape index (κ2) is 3.74. The maximum Gasteiger partial charge on any atom is 0.283 e. The minimum absolute atomic E-state index is 0.219. The lowest BCUT2D eigenvalue weighted by Gasteiger charge is -2.02. The van der Waals surface area contributed by atoms with Gasteiger partial charge in [-0.25, -0.2) is 18.2 Å². The Balaban J connectivity index is 3.32. The third-order valence-corrected chi connectivity index (χ3v) is 1.56. The Labute approximate surface area is 76.3 Å². The molecular weight excluding hydrogens is 207 g/mol. The molecule has 13 heavy (non-hydrogen) atoms. The summed E-state index contributed by atoms with van der Waals surface area (Å²) in [6.45, 7) is 0. The number of pyridine rings is 1. The minimum atomic E-state index is -3.09. The Morgan fingerprint density at radius 3 is 2.62 bits per heavy atom. The molecule has 0 N–H and O–H groups in total. The monoisotopic (exact) mass is 209 g/mol. The topological polar surface area (TPSA) is 30.0 Å². The summed E-state index contributed by atoms with van der Waals surface area (Å²) in [6, 6.07) is 0.885. The van der Waals surface area contributed by atoms with Crippen molar-refractivity contribution in [3.05, 3.63) is 28.3 Å². The molecule has 0 amide bonds. The van der Waals surface area contributed by atoms with Crippen LogP contribution >= 0.6 is 11.6 Å². The number of rotatable bonds is 2. The van der Waals surface area contributed by atoms with Crippen LogP contribution in [0.2, 0.25) is 5.02 Å². The molecule has 0 aliphatic rings. The first kappa shape index (κ1) is 9.98. The van der Waals surface area contributed by atoms with Gasteiger partial charge in [-0.05, 0) is 6.07 Å². The number of nitrogens with zero attached hydrogens (tertiary/aromatic N) is 1. The molecule has 0 spiro atoms. The largest absolute Gasteiger partial charge is 0.296 e. The van der Waals surface area contributed by atoms with Crippen molar-refractivity contribution in [2.45, 2.75) is 6.43 Å². The lowest BCUT2D eigenvalue weighted by molar-refractivity contribution is 0.111.